The molecule has 0 aliphatic heterocycles. The number of anilines is 1. The third kappa shape index (κ3) is 2.82. The summed E-state index contributed by atoms with van der Waals surface area (Å²) in [5, 5.41) is 4.47. The highest BCUT2D eigenvalue weighted by Crippen LogP contribution is 2.33. The molecule has 1 aromatic heterocycles. The molecule has 118 valence electrons. The van der Waals surface area contributed by atoms with Crippen molar-refractivity contribution < 1.29 is 9.21 Å². The first-order chi connectivity index (χ1) is 10.9. The van der Waals surface area contributed by atoms with E-state index in [0.717, 1.165) is 22.3 Å². The van der Waals surface area contributed by atoms with E-state index in [4.69, 9.17) is 27.6 Å². The van der Waals surface area contributed by atoms with E-state index in [1.165, 1.54) is 0 Å². The molecule has 0 fully saturated rings. The standard InChI is InChI=1S/C18H15Cl2NO2/c1-9-7-12-10(2)11(3)23-17(12)15(8-9)21-18(22)16-13(19)5-4-6-14(16)20/h4-8H,1-3H3,(H,21,22). The van der Waals surface area contributed by atoms with Crippen LogP contribution in [0.1, 0.15) is 27.2 Å². The van der Waals surface area contributed by atoms with Crippen LogP contribution in [-0.2, 0) is 0 Å². The lowest BCUT2D eigenvalue weighted by Crippen LogP contribution is -2.13. The lowest BCUT2D eigenvalue weighted by molar-refractivity contribution is 0.102. The van der Waals surface area contributed by atoms with Crippen molar-refractivity contribution in [3.05, 3.63) is 62.8 Å². The van der Waals surface area contributed by atoms with Crippen molar-refractivity contribution in [3.63, 3.8) is 0 Å². The Hall–Kier alpha value is -1.97. The van der Waals surface area contributed by atoms with Crippen LogP contribution < -0.4 is 5.32 Å². The second-order valence-corrected chi connectivity index (χ2v) is 6.34. The monoisotopic (exact) mass is 347 g/mol. The Labute approximate surface area is 144 Å². The van der Waals surface area contributed by atoms with Crippen molar-refractivity contribution in [2.75, 3.05) is 5.32 Å². The molecule has 0 saturated heterocycles. The van der Waals surface area contributed by atoms with E-state index in [2.05, 4.69) is 5.32 Å². The molecule has 0 unspecified atom stereocenters. The maximum absolute atomic E-state index is 12.6. The van der Waals surface area contributed by atoms with E-state index in [1.807, 2.05) is 32.9 Å². The summed E-state index contributed by atoms with van der Waals surface area (Å²) in [6.45, 7) is 5.87. The zero-order valence-corrected chi connectivity index (χ0v) is 14.5. The fourth-order valence-corrected chi connectivity index (χ4v) is 3.14. The van der Waals surface area contributed by atoms with Crippen LogP contribution >= 0.6 is 23.2 Å². The summed E-state index contributed by atoms with van der Waals surface area (Å²) in [5.41, 5.74) is 3.61. The van der Waals surface area contributed by atoms with Gasteiger partial charge in [-0.05, 0) is 56.2 Å². The molecule has 0 aliphatic carbocycles. The first kappa shape index (κ1) is 15.9. The predicted molar refractivity (Wildman–Crippen MR) is 94.8 cm³/mol. The number of nitrogens with one attached hydrogen (secondary N) is 1. The lowest BCUT2D eigenvalue weighted by Gasteiger charge is -2.09. The number of amides is 1. The molecular formula is C18H15Cl2NO2. The van der Waals surface area contributed by atoms with Gasteiger partial charge in [0, 0.05) is 5.39 Å². The SMILES string of the molecule is Cc1cc(NC(=O)c2c(Cl)cccc2Cl)c2oc(C)c(C)c2c1. The molecule has 3 nitrogen and oxygen atoms in total. The molecule has 1 heterocycles. The Morgan fingerprint density at radius 3 is 2.39 bits per heavy atom. The molecule has 3 rings (SSSR count). The third-order valence-corrected chi connectivity index (χ3v) is 4.49. The number of hydrogen-bond donors (Lipinski definition) is 1. The summed E-state index contributed by atoms with van der Waals surface area (Å²) in [5.74, 6) is 0.469. The van der Waals surface area contributed by atoms with E-state index in [-0.39, 0.29) is 11.5 Å². The Morgan fingerprint density at radius 2 is 1.74 bits per heavy atom. The van der Waals surface area contributed by atoms with Crippen LogP contribution in [0.2, 0.25) is 10.0 Å². The van der Waals surface area contributed by atoms with Crippen molar-refractivity contribution in [2.45, 2.75) is 20.8 Å². The lowest BCUT2D eigenvalue weighted by atomic mass is 10.1. The molecule has 2 aromatic carbocycles. The number of benzene rings is 2. The third-order valence-electron chi connectivity index (χ3n) is 3.86. The zero-order chi connectivity index (χ0) is 16.7. The highest BCUT2D eigenvalue weighted by atomic mass is 35.5. The maximum Gasteiger partial charge on any atom is 0.258 e. The minimum absolute atomic E-state index is 0.255. The van der Waals surface area contributed by atoms with Gasteiger partial charge in [-0.2, -0.15) is 0 Å². The highest BCUT2D eigenvalue weighted by Gasteiger charge is 2.18. The van der Waals surface area contributed by atoms with Gasteiger partial charge >= 0.3 is 0 Å². The van der Waals surface area contributed by atoms with Crippen LogP contribution in [-0.4, -0.2) is 5.91 Å². The van der Waals surface area contributed by atoms with E-state index in [0.29, 0.717) is 21.3 Å². The second-order valence-electron chi connectivity index (χ2n) is 5.52. The van der Waals surface area contributed by atoms with Gasteiger partial charge in [0.1, 0.15) is 5.76 Å². The van der Waals surface area contributed by atoms with Crippen molar-refractivity contribution in [1.82, 2.24) is 0 Å². The number of carbonyl (C=O) groups is 1. The fraction of sp³-hybridized carbons (Fsp3) is 0.167. The molecule has 1 amide bonds. The van der Waals surface area contributed by atoms with Gasteiger partial charge in [0.05, 0.1) is 21.3 Å². The van der Waals surface area contributed by atoms with Crippen LogP contribution in [0.5, 0.6) is 0 Å². The molecule has 0 aliphatic rings. The van der Waals surface area contributed by atoms with Gasteiger partial charge in [0.25, 0.3) is 5.91 Å². The number of aryl methyl sites for hydroxylation is 3. The van der Waals surface area contributed by atoms with Gasteiger partial charge in [-0.25, -0.2) is 0 Å². The summed E-state index contributed by atoms with van der Waals surface area (Å²) >= 11 is 12.2. The number of halogens is 2. The average Bonchev–Trinajstić information content (AvgIpc) is 2.75. The molecule has 0 radical (unpaired) electrons. The summed E-state index contributed by atoms with van der Waals surface area (Å²) < 4.78 is 5.80. The van der Waals surface area contributed by atoms with E-state index >= 15 is 0 Å². The smallest absolute Gasteiger partial charge is 0.258 e. The van der Waals surface area contributed by atoms with Crippen molar-refractivity contribution >= 4 is 45.8 Å². The number of carbonyl (C=O) groups excluding carboxylic acids is 1. The molecule has 0 saturated carbocycles. The normalized spacial score (nSPS) is 11.0. The zero-order valence-electron chi connectivity index (χ0n) is 13.0. The van der Waals surface area contributed by atoms with E-state index in [9.17, 15) is 4.79 Å². The molecule has 0 atom stereocenters. The van der Waals surface area contributed by atoms with E-state index < -0.39 is 0 Å². The Bertz CT molecular complexity index is 908. The minimum Gasteiger partial charge on any atom is -0.459 e. The van der Waals surface area contributed by atoms with Gasteiger partial charge in [-0.1, -0.05) is 29.3 Å². The average molecular weight is 348 g/mol. The highest BCUT2D eigenvalue weighted by molar-refractivity contribution is 6.40. The first-order valence-electron chi connectivity index (χ1n) is 7.14. The van der Waals surface area contributed by atoms with Crippen molar-refractivity contribution in [3.8, 4) is 0 Å². The summed E-state index contributed by atoms with van der Waals surface area (Å²) in [7, 11) is 0. The number of fused-ring (bicyclic) bond motifs is 1. The molecular weight excluding hydrogens is 333 g/mol. The second kappa shape index (κ2) is 5.91. The Balaban J connectivity index is 2.08. The van der Waals surface area contributed by atoms with Crippen LogP contribution in [0.15, 0.2) is 34.7 Å². The van der Waals surface area contributed by atoms with Crippen LogP contribution in [0.4, 0.5) is 5.69 Å². The van der Waals surface area contributed by atoms with E-state index in [1.54, 1.807) is 18.2 Å². The molecule has 5 heteroatoms. The fourth-order valence-electron chi connectivity index (χ4n) is 2.57. The summed E-state index contributed by atoms with van der Waals surface area (Å²) in [6.07, 6.45) is 0. The predicted octanol–water partition coefficient (Wildman–Crippen LogP) is 5.92. The van der Waals surface area contributed by atoms with Crippen molar-refractivity contribution in [2.24, 2.45) is 0 Å². The first-order valence-corrected chi connectivity index (χ1v) is 7.89. The van der Waals surface area contributed by atoms with Crippen molar-refractivity contribution in [1.29, 1.82) is 0 Å². The van der Waals surface area contributed by atoms with Gasteiger partial charge in [-0.15, -0.1) is 0 Å². The Kier molecular flexibility index (Phi) is 4.09. The van der Waals surface area contributed by atoms with Gasteiger partial charge in [-0.3, -0.25) is 4.79 Å². The topological polar surface area (TPSA) is 42.2 Å². The molecule has 23 heavy (non-hydrogen) atoms. The summed E-state index contributed by atoms with van der Waals surface area (Å²) in [4.78, 5) is 12.6. The quantitative estimate of drug-likeness (QED) is 0.625. The molecule has 1 N–H and O–H groups in total. The number of rotatable bonds is 2. The maximum atomic E-state index is 12.6. The largest absolute Gasteiger partial charge is 0.459 e. The van der Waals surface area contributed by atoms with Gasteiger partial charge < -0.3 is 9.73 Å². The number of furan rings is 1. The van der Waals surface area contributed by atoms with Gasteiger partial charge in [0.2, 0.25) is 0 Å². The molecule has 0 bridgehead atoms. The minimum atomic E-state index is -0.362. The van der Waals surface area contributed by atoms with Crippen LogP contribution in [0.25, 0.3) is 11.0 Å². The molecule has 3 aromatic rings. The number of hydrogen-bond acceptors (Lipinski definition) is 2. The van der Waals surface area contributed by atoms with Crippen LogP contribution in [0, 0.1) is 20.8 Å². The van der Waals surface area contributed by atoms with Crippen LogP contribution in [0.3, 0.4) is 0 Å². The van der Waals surface area contributed by atoms with Gasteiger partial charge in [0.15, 0.2) is 5.58 Å². The molecule has 0 spiro atoms. The summed E-state index contributed by atoms with van der Waals surface area (Å²) in [6, 6.07) is 8.88. The Morgan fingerprint density at radius 1 is 1.09 bits per heavy atom.